The zero-order valence-electron chi connectivity index (χ0n) is 14.7. The van der Waals surface area contributed by atoms with Crippen molar-refractivity contribution in [2.75, 3.05) is 46.0 Å². The molecule has 0 atom stereocenters. The number of hydrogen-bond donors (Lipinski definition) is 0. The Hall–Kier alpha value is -2.09. The Bertz CT molecular complexity index is 600. The molecular formula is C17H24N2O6. The molecule has 0 aromatic heterocycles. The number of ether oxygens (including phenoxy) is 3. The highest BCUT2D eigenvalue weighted by Gasteiger charge is 2.52. The summed E-state index contributed by atoms with van der Waals surface area (Å²) in [7, 11) is 0. The van der Waals surface area contributed by atoms with Gasteiger partial charge in [-0.1, -0.05) is 0 Å². The third-order valence-corrected chi connectivity index (χ3v) is 5.03. The molecule has 0 radical (unpaired) electrons. The molecule has 0 aliphatic carbocycles. The number of hydrogen-bond acceptors (Lipinski definition) is 6. The summed E-state index contributed by atoms with van der Waals surface area (Å²) in [5.41, 5.74) is -0.108. The van der Waals surface area contributed by atoms with E-state index in [0.717, 1.165) is 0 Å². The number of amides is 2. The van der Waals surface area contributed by atoms with Gasteiger partial charge >= 0.3 is 12.1 Å². The first-order valence-corrected chi connectivity index (χ1v) is 8.72. The van der Waals surface area contributed by atoms with Crippen LogP contribution in [0.1, 0.15) is 26.7 Å². The molecule has 2 saturated heterocycles. The van der Waals surface area contributed by atoms with Crippen molar-refractivity contribution < 1.29 is 28.6 Å². The molecule has 138 valence electrons. The molecule has 0 aromatic carbocycles. The van der Waals surface area contributed by atoms with Crippen molar-refractivity contribution in [2.45, 2.75) is 32.3 Å². The van der Waals surface area contributed by atoms with E-state index < -0.39 is 11.6 Å². The third-order valence-electron chi connectivity index (χ3n) is 5.03. The van der Waals surface area contributed by atoms with Crippen molar-refractivity contribution in [3.8, 4) is 0 Å². The van der Waals surface area contributed by atoms with E-state index in [-0.39, 0.29) is 12.0 Å². The van der Waals surface area contributed by atoms with E-state index in [1.54, 1.807) is 23.6 Å². The molecule has 3 aliphatic heterocycles. The van der Waals surface area contributed by atoms with Crippen LogP contribution in [0.5, 0.6) is 0 Å². The monoisotopic (exact) mass is 352 g/mol. The maximum absolute atomic E-state index is 13.0. The predicted octanol–water partition coefficient (Wildman–Crippen LogP) is 0.710. The lowest BCUT2D eigenvalue weighted by Crippen LogP contribution is -2.52. The van der Waals surface area contributed by atoms with Crippen molar-refractivity contribution in [3.05, 3.63) is 11.1 Å². The van der Waals surface area contributed by atoms with E-state index in [2.05, 4.69) is 0 Å². The normalized spacial score (nSPS) is 23.0. The predicted molar refractivity (Wildman–Crippen MR) is 86.8 cm³/mol. The number of likely N-dealkylation sites (tertiary alicyclic amines) is 1. The van der Waals surface area contributed by atoms with Gasteiger partial charge in [-0.2, -0.15) is 0 Å². The number of carbonyl (C=O) groups excluding carboxylic acids is 3. The van der Waals surface area contributed by atoms with Gasteiger partial charge in [-0.05, 0) is 13.8 Å². The molecule has 2 amide bonds. The minimum Gasteiger partial charge on any atom is -0.450 e. The van der Waals surface area contributed by atoms with Crippen molar-refractivity contribution in [3.63, 3.8) is 0 Å². The summed E-state index contributed by atoms with van der Waals surface area (Å²) < 4.78 is 16.0. The minimum absolute atomic E-state index is 0.156. The standard InChI is InChI=1S/C17H24N2O6/c1-3-24-16(22)19-6-4-17(5-7-19)13(12(2)15(21)25-17)14(20)18-8-10-23-11-9-18/h3-11H2,1-2H3. The van der Waals surface area contributed by atoms with Crippen LogP contribution in [0, 0.1) is 0 Å². The maximum atomic E-state index is 13.0. The van der Waals surface area contributed by atoms with Crippen LogP contribution in [0.4, 0.5) is 4.79 Å². The van der Waals surface area contributed by atoms with Crippen molar-refractivity contribution in [2.24, 2.45) is 0 Å². The molecule has 8 nitrogen and oxygen atoms in total. The average molecular weight is 352 g/mol. The Morgan fingerprint density at radius 2 is 1.76 bits per heavy atom. The smallest absolute Gasteiger partial charge is 0.409 e. The molecule has 0 saturated carbocycles. The van der Waals surface area contributed by atoms with Crippen LogP contribution in [-0.4, -0.2) is 79.4 Å². The molecule has 25 heavy (non-hydrogen) atoms. The lowest BCUT2D eigenvalue weighted by molar-refractivity contribution is -0.151. The Kier molecular flexibility index (Phi) is 4.99. The fourth-order valence-corrected chi connectivity index (χ4v) is 3.65. The van der Waals surface area contributed by atoms with Crippen LogP contribution in [-0.2, 0) is 23.8 Å². The van der Waals surface area contributed by atoms with Gasteiger partial charge in [0.05, 0.1) is 25.4 Å². The van der Waals surface area contributed by atoms with Gasteiger partial charge in [0.15, 0.2) is 0 Å². The lowest BCUT2D eigenvalue weighted by atomic mass is 9.82. The van der Waals surface area contributed by atoms with Crippen LogP contribution in [0.3, 0.4) is 0 Å². The van der Waals surface area contributed by atoms with Crippen LogP contribution in [0.25, 0.3) is 0 Å². The highest BCUT2D eigenvalue weighted by Crippen LogP contribution is 2.42. The molecular weight excluding hydrogens is 328 g/mol. The van der Waals surface area contributed by atoms with E-state index in [1.165, 1.54) is 0 Å². The molecule has 1 spiro atoms. The molecule has 2 fully saturated rings. The van der Waals surface area contributed by atoms with Gasteiger partial charge < -0.3 is 24.0 Å². The van der Waals surface area contributed by atoms with Crippen LogP contribution < -0.4 is 0 Å². The summed E-state index contributed by atoms with van der Waals surface area (Å²) in [6.07, 6.45) is 0.434. The van der Waals surface area contributed by atoms with Crippen molar-refractivity contribution >= 4 is 18.0 Å². The van der Waals surface area contributed by atoms with E-state index in [0.29, 0.717) is 70.0 Å². The molecule has 0 unspecified atom stereocenters. The summed E-state index contributed by atoms with van der Waals surface area (Å²) in [6, 6.07) is 0. The molecule has 0 N–H and O–H groups in total. The van der Waals surface area contributed by atoms with Gasteiger partial charge in [0.2, 0.25) is 0 Å². The number of piperidine rings is 1. The van der Waals surface area contributed by atoms with Gasteiger partial charge in [0.25, 0.3) is 5.91 Å². The molecule has 3 rings (SSSR count). The quantitative estimate of drug-likeness (QED) is 0.681. The summed E-state index contributed by atoms with van der Waals surface area (Å²) >= 11 is 0. The van der Waals surface area contributed by atoms with Crippen LogP contribution in [0.15, 0.2) is 11.1 Å². The number of nitrogens with zero attached hydrogens (tertiary/aromatic N) is 2. The zero-order valence-corrected chi connectivity index (χ0v) is 14.7. The van der Waals surface area contributed by atoms with E-state index >= 15 is 0 Å². The Morgan fingerprint density at radius 1 is 1.12 bits per heavy atom. The number of rotatable bonds is 2. The third kappa shape index (κ3) is 3.22. The molecule has 8 heteroatoms. The summed E-state index contributed by atoms with van der Waals surface area (Å²) in [5.74, 6) is -0.600. The van der Waals surface area contributed by atoms with E-state index in [9.17, 15) is 14.4 Å². The van der Waals surface area contributed by atoms with Crippen LogP contribution in [0.2, 0.25) is 0 Å². The summed E-state index contributed by atoms with van der Waals surface area (Å²) in [4.78, 5) is 40.4. The summed E-state index contributed by atoms with van der Waals surface area (Å²) in [6.45, 7) is 6.50. The average Bonchev–Trinajstić information content (AvgIpc) is 2.86. The van der Waals surface area contributed by atoms with Gasteiger partial charge in [-0.3, -0.25) is 4.79 Å². The van der Waals surface area contributed by atoms with Gasteiger partial charge in [0, 0.05) is 44.6 Å². The van der Waals surface area contributed by atoms with Crippen LogP contribution >= 0.6 is 0 Å². The van der Waals surface area contributed by atoms with Gasteiger partial charge in [-0.15, -0.1) is 0 Å². The second-order valence-electron chi connectivity index (χ2n) is 6.47. The van der Waals surface area contributed by atoms with E-state index in [1.807, 2.05) is 0 Å². The first-order chi connectivity index (χ1) is 12.0. The number of carbonyl (C=O) groups is 3. The SMILES string of the molecule is CCOC(=O)N1CCC2(CC1)OC(=O)C(C)=C2C(=O)N1CCOCC1. The fraction of sp³-hybridized carbons (Fsp3) is 0.706. The lowest BCUT2D eigenvalue weighted by Gasteiger charge is -2.40. The first kappa shape index (κ1) is 17.7. The molecule has 3 heterocycles. The van der Waals surface area contributed by atoms with E-state index in [4.69, 9.17) is 14.2 Å². The van der Waals surface area contributed by atoms with Crippen molar-refractivity contribution in [1.29, 1.82) is 0 Å². The Labute approximate surface area is 146 Å². The van der Waals surface area contributed by atoms with Crippen molar-refractivity contribution in [1.82, 2.24) is 9.80 Å². The largest absolute Gasteiger partial charge is 0.450 e. The zero-order chi connectivity index (χ0) is 18.0. The minimum atomic E-state index is -0.931. The second kappa shape index (κ2) is 7.03. The number of morpholine rings is 1. The van der Waals surface area contributed by atoms with Gasteiger partial charge in [0.1, 0.15) is 5.60 Å². The highest BCUT2D eigenvalue weighted by atomic mass is 16.6. The molecule has 0 aromatic rings. The second-order valence-corrected chi connectivity index (χ2v) is 6.47. The maximum Gasteiger partial charge on any atom is 0.409 e. The number of esters is 1. The highest BCUT2D eigenvalue weighted by molar-refractivity contribution is 6.07. The molecule has 0 bridgehead atoms. The fourth-order valence-electron chi connectivity index (χ4n) is 3.65. The van der Waals surface area contributed by atoms with Gasteiger partial charge in [-0.25, -0.2) is 9.59 Å². The topological polar surface area (TPSA) is 85.4 Å². The first-order valence-electron chi connectivity index (χ1n) is 8.72. The Morgan fingerprint density at radius 3 is 2.36 bits per heavy atom. The molecule has 3 aliphatic rings. The summed E-state index contributed by atoms with van der Waals surface area (Å²) in [5, 5.41) is 0. The Balaban J connectivity index is 1.78.